The summed E-state index contributed by atoms with van der Waals surface area (Å²) < 4.78 is 5.74. The topological polar surface area (TPSA) is 25.5 Å². The van der Waals surface area contributed by atoms with Crippen molar-refractivity contribution in [1.82, 2.24) is 0 Å². The van der Waals surface area contributed by atoms with E-state index in [1.165, 1.54) is 0 Å². The molecule has 24 heavy (non-hydrogen) atoms. The first-order chi connectivity index (χ1) is 11.6. The molecule has 0 saturated carbocycles. The van der Waals surface area contributed by atoms with Crippen LogP contribution in [0.3, 0.4) is 0 Å². The summed E-state index contributed by atoms with van der Waals surface area (Å²) in [4.78, 5) is 4.19. The second kappa shape index (κ2) is 8.18. The van der Waals surface area contributed by atoms with Gasteiger partial charge in [-0.15, -0.1) is 0 Å². The summed E-state index contributed by atoms with van der Waals surface area (Å²) >= 11 is 12.0. The predicted molar refractivity (Wildman–Crippen MR) is 107 cm³/mol. The minimum atomic E-state index is 0.376. The van der Waals surface area contributed by atoms with Crippen LogP contribution >= 0.6 is 23.2 Å². The molecule has 0 saturated heterocycles. The van der Waals surface area contributed by atoms with Gasteiger partial charge >= 0.3 is 0 Å². The number of fused-ring (bicyclic) bond motifs is 1. The van der Waals surface area contributed by atoms with Gasteiger partial charge in [0, 0.05) is 10.4 Å². The van der Waals surface area contributed by atoms with Crippen LogP contribution in [0, 0.1) is 0 Å². The van der Waals surface area contributed by atoms with E-state index in [1.54, 1.807) is 6.92 Å². The molecule has 0 unspecified atom stereocenters. The molecule has 0 atom stereocenters. The molecule has 0 spiro atoms. The SMILES string of the molecule is C=C(Cl)c1c(/N=C(\C)Cl)oc2ccc(-c3ccccc3)cc12.CC. The number of aliphatic imine (C=N–C) groups is 1. The number of hydrogen-bond acceptors (Lipinski definition) is 2. The third-order valence-corrected chi connectivity index (χ3v) is 3.58. The van der Waals surface area contributed by atoms with Crippen LogP contribution in [0.1, 0.15) is 26.3 Å². The predicted octanol–water partition coefficient (Wildman–Crippen LogP) is 7.62. The molecule has 0 fully saturated rings. The van der Waals surface area contributed by atoms with E-state index in [0.29, 0.717) is 27.2 Å². The van der Waals surface area contributed by atoms with Crippen molar-refractivity contribution in [1.29, 1.82) is 0 Å². The molecule has 124 valence electrons. The zero-order valence-corrected chi connectivity index (χ0v) is 15.4. The van der Waals surface area contributed by atoms with E-state index in [1.807, 2.05) is 50.2 Å². The summed E-state index contributed by atoms with van der Waals surface area (Å²) in [5.74, 6) is 0.382. The number of nitrogens with zero attached hydrogens (tertiary/aromatic N) is 1. The monoisotopic (exact) mass is 359 g/mol. The molecule has 4 heteroatoms. The van der Waals surface area contributed by atoms with Crippen molar-refractivity contribution in [2.24, 2.45) is 4.99 Å². The van der Waals surface area contributed by atoms with Gasteiger partial charge in [-0.05, 0) is 30.2 Å². The molecule has 0 N–H and O–H groups in total. The van der Waals surface area contributed by atoms with Gasteiger partial charge in [-0.3, -0.25) is 0 Å². The summed E-state index contributed by atoms with van der Waals surface area (Å²) in [6, 6.07) is 16.0. The van der Waals surface area contributed by atoms with Gasteiger partial charge in [-0.25, -0.2) is 4.99 Å². The highest BCUT2D eigenvalue weighted by atomic mass is 35.5. The Bertz CT molecular complexity index is 875. The molecule has 0 radical (unpaired) electrons. The highest BCUT2D eigenvalue weighted by molar-refractivity contribution is 6.65. The number of rotatable bonds is 3. The van der Waals surface area contributed by atoms with Crippen molar-refractivity contribution in [2.45, 2.75) is 20.8 Å². The standard InChI is InChI=1S/C18H13Cl2NO.C2H6/c1-11(19)17-15-10-14(13-6-4-3-5-7-13)8-9-16(15)22-18(17)21-12(2)20;1-2/h3-10H,1H2,2H3;1-2H3/b21-12+;. The van der Waals surface area contributed by atoms with E-state index in [4.69, 9.17) is 27.6 Å². The van der Waals surface area contributed by atoms with Crippen LogP contribution in [0.4, 0.5) is 5.88 Å². The smallest absolute Gasteiger partial charge is 0.229 e. The fourth-order valence-electron chi connectivity index (χ4n) is 2.38. The average molecular weight is 360 g/mol. The minimum Gasteiger partial charge on any atom is -0.438 e. The molecule has 1 heterocycles. The highest BCUT2D eigenvalue weighted by Gasteiger charge is 2.16. The number of halogens is 2. The zero-order chi connectivity index (χ0) is 17.7. The first kappa shape index (κ1) is 18.3. The maximum atomic E-state index is 6.14. The summed E-state index contributed by atoms with van der Waals surface area (Å²) in [6.45, 7) is 9.50. The van der Waals surface area contributed by atoms with Crippen LogP contribution in [0.5, 0.6) is 0 Å². The number of furan rings is 1. The van der Waals surface area contributed by atoms with Crippen LogP contribution in [0.2, 0.25) is 0 Å². The lowest BCUT2D eigenvalue weighted by Crippen LogP contribution is -1.79. The van der Waals surface area contributed by atoms with Gasteiger partial charge < -0.3 is 4.42 Å². The molecule has 1 aromatic heterocycles. The van der Waals surface area contributed by atoms with Crippen LogP contribution in [0.25, 0.3) is 27.1 Å². The van der Waals surface area contributed by atoms with Crippen molar-refractivity contribution in [3.05, 3.63) is 60.7 Å². The molecule has 2 aromatic carbocycles. The van der Waals surface area contributed by atoms with Gasteiger partial charge in [0.15, 0.2) is 0 Å². The maximum absolute atomic E-state index is 6.14. The Hall–Kier alpha value is -2.03. The summed E-state index contributed by atoms with van der Waals surface area (Å²) in [5.41, 5.74) is 3.57. The maximum Gasteiger partial charge on any atom is 0.229 e. The Morgan fingerprint density at radius 2 is 1.67 bits per heavy atom. The van der Waals surface area contributed by atoms with E-state index in [0.717, 1.165) is 16.5 Å². The third-order valence-electron chi connectivity index (χ3n) is 3.30. The van der Waals surface area contributed by atoms with Crippen LogP contribution < -0.4 is 0 Å². The molecule has 2 nitrogen and oxygen atoms in total. The zero-order valence-electron chi connectivity index (χ0n) is 13.9. The quantitative estimate of drug-likeness (QED) is 0.441. The fraction of sp³-hybridized carbons (Fsp3) is 0.150. The Balaban J connectivity index is 0.00000100. The second-order valence-corrected chi connectivity index (χ2v) is 5.88. The van der Waals surface area contributed by atoms with Crippen molar-refractivity contribution in [3.8, 4) is 11.1 Å². The van der Waals surface area contributed by atoms with Crippen molar-refractivity contribution in [2.75, 3.05) is 0 Å². The van der Waals surface area contributed by atoms with Gasteiger partial charge in [0.25, 0.3) is 0 Å². The average Bonchev–Trinajstić information content (AvgIpc) is 2.93. The van der Waals surface area contributed by atoms with Gasteiger partial charge in [0.05, 0.1) is 5.56 Å². The van der Waals surface area contributed by atoms with Gasteiger partial charge in [0.1, 0.15) is 10.8 Å². The molecule has 0 aliphatic carbocycles. The Morgan fingerprint density at radius 1 is 1.00 bits per heavy atom. The lowest BCUT2D eigenvalue weighted by Gasteiger charge is -2.02. The lowest BCUT2D eigenvalue weighted by molar-refractivity contribution is 0.625. The van der Waals surface area contributed by atoms with Gasteiger partial charge in [0.2, 0.25) is 5.88 Å². The Kier molecular flexibility index (Phi) is 6.24. The number of benzene rings is 2. The first-order valence-corrected chi connectivity index (χ1v) is 8.49. The molecule has 0 amide bonds. The highest BCUT2D eigenvalue weighted by Crippen LogP contribution is 2.40. The molecule has 3 aromatic rings. The summed E-state index contributed by atoms with van der Waals surface area (Å²) in [5, 5.41) is 1.63. The Morgan fingerprint density at radius 3 is 2.25 bits per heavy atom. The number of hydrogen-bond donors (Lipinski definition) is 0. The summed E-state index contributed by atoms with van der Waals surface area (Å²) in [6.07, 6.45) is 0. The molecular weight excluding hydrogens is 341 g/mol. The van der Waals surface area contributed by atoms with Crippen LogP contribution in [0.15, 0.2) is 64.5 Å². The van der Waals surface area contributed by atoms with Gasteiger partial charge in [-0.1, -0.05) is 80.0 Å². The molecule has 0 bridgehead atoms. The largest absolute Gasteiger partial charge is 0.438 e. The summed E-state index contributed by atoms with van der Waals surface area (Å²) in [7, 11) is 0. The van der Waals surface area contributed by atoms with E-state index < -0.39 is 0 Å². The minimum absolute atomic E-state index is 0.376. The van der Waals surface area contributed by atoms with Gasteiger partial charge in [-0.2, -0.15) is 0 Å². The van der Waals surface area contributed by atoms with E-state index in [9.17, 15) is 0 Å². The third kappa shape index (κ3) is 3.89. The lowest BCUT2D eigenvalue weighted by atomic mass is 10.0. The van der Waals surface area contributed by atoms with E-state index in [2.05, 4.69) is 23.7 Å². The molecule has 0 aliphatic heterocycles. The normalized spacial score (nSPS) is 11.1. The fourth-order valence-corrected chi connectivity index (χ4v) is 2.64. The van der Waals surface area contributed by atoms with E-state index in [-0.39, 0.29) is 0 Å². The van der Waals surface area contributed by atoms with Crippen LogP contribution in [-0.4, -0.2) is 5.17 Å². The van der Waals surface area contributed by atoms with Crippen LogP contribution in [-0.2, 0) is 0 Å². The molecular formula is C20H19Cl2NO. The first-order valence-electron chi connectivity index (χ1n) is 7.74. The Labute approximate surface area is 152 Å². The molecule has 3 rings (SSSR count). The van der Waals surface area contributed by atoms with Crippen molar-refractivity contribution in [3.63, 3.8) is 0 Å². The van der Waals surface area contributed by atoms with Crippen molar-refractivity contribution < 1.29 is 4.42 Å². The second-order valence-electron chi connectivity index (χ2n) is 4.87. The molecule has 0 aliphatic rings. The van der Waals surface area contributed by atoms with Crippen molar-refractivity contribution >= 4 is 50.3 Å². The van der Waals surface area contributed by atoms with E-state index >= 15 is 0 Å².